The standard InChI is InChI=1S/C27H22F2N4O3/c1-3-27(28,29)35-21-10-7-18(8-11-21)24-15-26(32-25(31)33(2)36-26)22-14-20(9-12-23(22)34-24)19-6-4-5-17(13-19)16-30/h3-14,24H,1,15H2,2H3,(H2,31,32). The van der Waals surface area contributed by atoms with E-state index in [0.717, 1.165) is 16.7 Å². The lowest BCUT2D eigenvalue weighted by Crippen LogP contribution is -2.36. The molecular weight excluding hydrogens is 466 g/mol. The van der Waals surface area contributed by atoms with Crippen LogP contribution in [0.2, 0.25) is 0 Å². The fraction of sp³-hybridized carbons (Fsp3) is 0.185. The van der Waals surface area contributed by atoms with E-state index in [1.165, 1.54) is 17.2 Å². The summed E-state index contributed by atoms with van der Waals surface area (Å²) < 4.78 is 38.0. The van der Waals surface area contributed by atoms with Crippen molar-refractivity contribution in [2.45, 2.75) is 24.4 Å². The molecule has 0 saturated carbocycles. The normalized spacial score (nSPS) is 20.8. The SMILES string of the molecule is C=CC(F)(F)Oc1ccc(C2CC3(N=C(N)N(C)O3)c3cc(-c4cccc(C#N)c4)ccc3O2)cc1. The van der Waals surface area contributed by atoms with E-state index < -0.39 is 17.9 Å². The van der Waals surface area contributed by atoms with Gasteiger partial charge in [0.2, 0.25) is 11.7 Å². The zero-order valence-electron chi connectivity index (χ0n) is 19.3. The van der Waals surface area contributed by atoms with E-state index in [0.29, 0.717) is 23.0 Å². The second-order valence-electron chi connectivity index (χ2n) is 8.49. The number of nitrogens with zero attached hydrogens (tertiary/aromatic N) is 3. The van der Waals surface area contributed by atoms with Crippen molar-refractivity contribution >= 4 is 5.96 Å². The Morgan fingerprint density at radius 3 is 2.61 bits per heavy atom. The maximum absolute atomic E-state index is 13.5. The number of aliphatic imine (C=N–C) groups is 1. The minimum Gasteiger partial charge on any atom is -0.485 e. The van der Waals surface area contributed by atoms with Crippen LogP contribution in [0.5, 0.6) is 11.5 Å². The van der Waals surface area contributed by atoms with Gasteiger partial charge in [-0.25, -0.2) is 14.9 Å². The van der Waals surface area contributed by atoms with Crippen LogP contribution in [0.3, 0.4) is 0 Å². The van der Waals surface area contributed by atoms with Crippen molar-refractivity contribution in [1.82, 2.24) is 5.06 Å². The Morgan fingerprint density at radius 1 is 1.19 bits per heavy atom. The molecule has 2 heterocycles. The maximum Gasteiger partial charge on any atom is 0.419 e. The zero-order chi connectivity index (χ0) is 25.5. The third-order valence-electron chi connectivity index (χ3n) is 6.11. The van der Waals surface area contributed by atoms with Crippen molar-refractivity contribution in [3.05, 3.63) is 96.1 Å². The molecule has 2 unspecified atom stereocenters. The highest BCUT2D eigenvalue weighted by atomic mass is 19.3. The van der Waals surface area contributed by atoms with Gasteiger partial charge in [0.1, 0.15) is 17.6 Å². The molecule has 7 nitrogen and oxygen atoms in total. The van der Waals surface area contributed by atoms with Crippen LogP contribution in [-0.2, 0) is 10.6 Å². The summed E-state index contributed by atoms with van der Waals surface area (Å²) in [6.45, 7) is 3.08. The maximum atomic E-state index is 13.5. The van der Waals surface area contributed by atoms with Crippen molar-refractivity contribution in [3.8, 4) is 28.7 Å². The van der Waals surface area contributed by atoms with Crippen LogP contribution in [0.1, 0.15) is 29.2 Å². The molecule has 0 radical (unpaired) electrons. The molecule has 0 aromatic heterocycles. The fourth-order valence-electron chi connectivity index (χ4n) is 4.32. The Balaban J connectivity index is 1.52. The van der Waals surface area contributed by atoms with Crippen molar-refractivity contribution in [2.75, 3.05) is 7.05 Å². The Bertz CT molecular complexity index is 1400. The molecule has 36 heavy (non-hydrogen) atoms. The minimum atomic E-state index is -3.47. The average molecular weight is 488 g/mol. The molecule has 2 N–H and O–H groups in total. The summed E-state index contributed by atoms with van der Waals surface area (Å²) >= 11 is 0. The predicted molar refractivity (Wildman–Crippen MR) is 129 cm³/mol. The number of hydroxylamine groups is 2. The molecule has 0 saturated heterocycles. The topological polar surface area (TPSA) is 93.1 Å². The van der Waals surface area contributed by atoms with Crippen LogP contribution in [-0.4, -0.2) is 24.2 Å². The van der Waals surface area contributed by atoms with Crippen molar-refractivity contribution in [1.29, 1.82) is 5.26 Å². The monoisotopic (exact) mass is 488 g/mol. The Hall–Kier alpha value is -4.42. The lowest BCUT2D eigenvalue weighted by Gasteiger charge is -2.37. The second kappa shape index (κ2) is 8.66. The van der Waals surface area contributed by atoms with Gasteiger partial charge in [-0.2, -0.15) is 14.0 Å². The molecule has 0 bridgehead atoms. The number of alkyl halides is 2. The highest BCUT2D eigenvalue weighted by Crippen LogP contribution is 2.50. The van der Waals surface area contributed by atoms with Crippen molar-refractivity contribution in [3.63, 3.8) is 0 Å². The molecule has 2 aliphatic heterocycles. The van der Waals surface area contributed by atoms with E-state index in [2.05, 4.69) is 22.4 Å². The molecule has 2 aliphatic rings. The van der Waals surface area contributed by atoms with E-state index in [1.54, 1.807) is 31.3 Å². The summed E-state index contributed by atoms with van der Waals surface area (Å²) in [4.78, 5) is 10.8. The van der Waals surface area contributed by atoms with Gasteiger partial charge in [0.05, 0.1) is 17.2 Å². The smallest absolute Gasteiger partial charge is 0.419 e. The number of fused-ring (bicyclic) bond motifs is 2. The molecule has 0 amide bonds. The number of ether oxygens (including phenoxy) is 2. The van der Waals surface area contributed by atoms with Crippen molar-refractivity contribution in [2.24, 2.45) is 10.7 Å². The summed E-state index contributed by atoms with van der Waals surface area (Å²) in [6, 6.07) is 21.3. The fourth-order valence-corrected chi connectivity index (χ4v) is 4.32. The molecule has 3 aromatic rings. The van der Waals surface area contributed by atoms with Crippen LogP contribution in [0, 0.1) is 11.3 Å². The van der Waals surface area contributed by atoms with Crippen LogP contribution in [0.4, 0.5) is 8.78 Å². The van der Waals surface area contributed by atoms with Gasteiger partial charge >= 0.3 is 6.11 Å². The van der Waals surface area contributed by atoms with E-state index in [-0.39, 0.29) is 18.1 Å². The van der Waals surface area contributed by atoms with Crippen LogP contribution >= 0.6 is 0 Å². The Labute approximate surface area is 206 Å². The van der Waals surface area contributed by atoms with Crippen LogP contribution < -0.4 is 15.2 Å². The van der Waals surface area contributed by atoms with E-state index in [1.807, 2.05) is 30.3 Å². The summed E-state index contributed by atoms with van der Waals surface area (Å²) in [6.07, 6.45) is -3.24. The number of rotatable bonds is 5. The van der Waals surface area contributed by atoms with Gasteiger partial charge in [-0.15, -0.1) is 0 Å². The second-order valence-corrected chi connectivity index (χ2v) is 8.49. The molecule has 5 rings (SSSR count). The number of nitrogens with two attached hydrogens (primary N) is 1. The van der Waals surface area contributed by atoms with E-state index in [4.69, 9.17) is 15.3 Å². The quantitative estimate of drug-likeness (QED) is 0.493. The van der Waals surface area contributed by atoms with Gasteiger partial charge < -0.3 is 15.2 Å². The van der Waals surface area contributed by atoms with E-state index in [9.17, 15) is 14.0 Å². The highest BCUT2D eigenvalue weighted by Gasteiger charge is 2.49. The lowest BCUT2D eigenvalue weighted by atomic mass is 9.88. The van der Waals surface area contributed by atoms with Gasteiger partial charge in [-0.05, 0) is 53.1 Å². The number of hydrogen-bond acceptors (Lipinski definition) is 7. The Morgan fingerprint density at radius 2 is 1.94 bits per heavy atom. The third kappa shape index (κ3) is 4.23. The molecule has 2 atom stereocenters. The highest BCUT2D eigenvalue weighted by molar-refractivity contribution is 5.79. The molecule has 9 heteroatoms. The molecule has 0 fully saturated rings. The average Bonchev–Trinajstić information content (AvgIpc) is 3.17. The molecule has 1 spiro atoms. The van der Waals surface area contributed by atoms with Gasteiger partial charge in [0, 0.05) is 19.5 Å². The first kappa shape index (κ1) is 23.3. The summed E-state index contributed by atoms with van der Waals surface area (Å²) in [7, 11) is 1.67. The number of benzene rings is 3. The number of hydrogen-bond donors (Lipinski definition) is 1. The van der Waals surface area contributed by atoms with E-state index >= 15 is 0 Å². The third-order valence-corrected chi connectivity index (χ3v) is 6.11. The van der Waals surface area contributed by atoms with Crippen molar-refractivity contribution < 1.29 is 23.1 Å². The van der Waals surface area contributed by atoms with Crippen LogP contribution in [0.25, 0.3) is 11.1 Å². The molecule has 3 aromatic carbocycles. The predicted octanol–water partition coefficient (Wildman–Crippen LogP) is 5.25. The summed E-state index contributed by atoms with van der Waals surface area (Å²) in [5.41, 5.74) is 8.63. The first-order valence-corrected chi connectivity index (χ1v) is 11.1. The Kier molecular flexibility index (Phi) is 5.61. The van der Waals surface area contributed by atoms with Crippen LogP contribution in [0.15, 0.2) is 84.4 Å². The van der Waals surface area contributed by atoms with Gasteiger partial charge in [0.25, 0.3) is 0 Å². The van der Waals surface area contributed by atoms with Gasteiger partial charge in [0.15, 0.2) is 0 Å². The number of halogens is 2. The van der Waals surface area contributed by atoms with Gasteiger partial charge in [-0.1, -0.05) is 36.9 Å². The number of guanidine groups is 1. The minimum absolute atomic E-state index is 0.00192. The zero-order valence-corrected chi connectivity index (χ0v) is 19.3. The lowest BCUT2D eigenvalue weighted by molar-refractivity contribution is -0.191. The largest absolute Gasteiger partial charge is 0.485 e. The summed E-state index contributed by atoms with van der Waals surface area (Å²) in [5, 5.41) is 10.7. The molecule has 0 aliphatic carbocycles. The number of nitriles is 1. The van der Waals surface area contributed by atoms with Gasteiger partial charge in [-0.3, -0.25) is 0 Å². The first-order chi connectivity index (χ1) is 17.2. The molecular formula is C27H22F2N4O3. The summed E-state index contributed by atoms with van der Waals surface area (Å²) in [5.74, 6) is 0.767. The molecule has 182 valence electrons. The first-order valence-electron chi connectivity index (χ1n) is 11.1.